The fourth-order valence-electron chi connectivity index (χ4n) is 5.07. The van der Waals surface area contributed by atoms with Gasteiger partial charge in [0.05, 0.1) is 5.75 Å². The van der Waals surface area contributed by atoms with Crippen LogP contribution in [0.4, 0.5) is 17.6 Å². The van der Waals surface area contributed by atoms with Crippen molar-refractivity contribution < 1.29 is 27.1 Å². The second kappa shape index (κ2) is 9.90. The van der Waals surface area contributed by atoms with Gasteiger partial charge in [-0.2, -0.15) is 13.2 Å². The summed E-state index contributed by atoms with van der Waals surface area (Å²) in [6.07, 6.45) is 0.285. The Labute approximate surface area is 193 Å². The molecule has 1 amide bonds. The number of hydrogen-bond acceptors (Lipinski definition) is 5. The molecule has 6 nitrogen and oxygen atoms in total. The molecule has 11 heteroatoms. The molecule has 2 aromatic rings. The molecular formula is C22H26F4N4O2S. The predicted molar refractivity (Wildman–Crippen MR) is 114 cm³/mol. The number of ether oxygens (including phenoxy) is 1. The van der Waals surface area contributed by atoms with E-state index in [2.05, 4.69) is 17.1 Å². The Morgan fingerprint density at radius 2 is 2.06 bits per heavy atom. The number of rotatable bonds is 9. The van der Waals surface area contributed by atoms with Gasteiger partial charge in [-0.25, -0.2) is 4.39 Å². The number of fused-ring (bicyclic) bond motifs is 2. The summed E-state index contributed by atoms with van der Waals surface area (Å²) >= 11 is 1.04. The van der Waals surface area contributed by atoms with Crippen molar-refractivity contribution >= 4 is 17.7 Å². The van der Waals surface area contributed by atoms with Gasteiger partial charge in [-0.15, -0.1) is 10.2 Å². The van der Waals surface area contributed by atoms with E-state index in [4.69, 9.17) is 4.74 Å². The van der Waals surface area contributed by atoms with E-state index in [1.54, 1.807) is 12.1 Å². The Balaban J connectivity index is 1.49. The molecule has 4 atom stereocenters. The molecule has 2 aliphatic carbocycles. The normalized spacial score (nSPS) is 23.0. The molecule has 1 aromatic heterocycles. The summed E-state index contributed by atoms with van der Waals surface area (Å²) in [5.74, 6) is 0.912. The highest BCUT2D eigenvalue weighted by Gasteiger charge is 2.43. The standard InChI is InChI=1S/C22H26F4N4O2S/c1-13(16-9-14-6-7-15(16)8-14)30-19(10-32-18-5-3-2-4-17(18)23)28-29-21(30)33-11-20(31)27-12-22(24,25)26/h2-5,13-16H,6-12H2,1H3,(H,27,31). The maximum Gasteiger partial charge on any atom is 0.405 e. The first-order valence-electron chi connectivity index (χ1n) is 11.0. The largest absolute Gasteiger partial charge is 0.483 e. The molecular weight excluding hydrogens is 460 g/mol. The molecule has 0 aliphatic heterocycles. The predicted octanol–water partition coefficient (Wildman–Crippen LogP) is 4.76. The van der Waals surface area contributed by atoms with Crippen molar-refractivity contribution in [3.63, 3.8) is 0 Å². The van der Waals surface area contributed by atoms with Crippen LogP contribution in [-0.4, -0.2) is 39.1 Å². The fourth-order valence-corrected chi connectivity index (χ4v) is 5.95. The van der Waals surface area contributed by atoms with Crippen molar-refractivity contribution in [3.05, 3.63) is 35.9 Å². The Bertz CT molecular complexity index is 984. The summed E-state index contributed by atoms with van der Waals surface area (Å²) in [5, 5.41) is 10.7. The molecule has 2 aliphatic rings. The highest BCUT2D eigenvalue weighted by atomic mass is 32.2. The Morgan fingerprint density at radius 1 is 1.27 bits per heavy atom. The summed E-state index contributed by atoms with van der Waals surface area (Å²) < 4.78 is 58.6. The average Bonchev–Trinajstić information content (AvgIpc) is 3.50. The molecule has 1 N–H and O–H groups in total. The lowest BCUT2D eigenvalue weighted by Gasteiger charge is -2.30. The summed E-state index contributed by atoms with van der Waals surface area (Å²) in [6.45, 7) is 0.692. The van der Waals surface area contributed by atoms with E-state index in [0.717, 1.165) is 24.1 Å². The summed E-state index contributed by atoms with van der Waals surface area (Å²) in [5.41, 5.74) is 0. The van der Waals surface area contributed by atoms with Crippen molar-refractivity contribution in [2.75, 3.05) is 12.3 Å². The molecule has 0 spiro atoms. The Morgan fingerprint density at radius 3 is 2.73 bits per heavy atom. The fraction of sp³-hybridized carbons (Fsp3) is 0.591. The number of aromatic nitrogens is 3. The summed E-state index contributed by atoms with van der Waals surface area (Å²) in [7, 11) is 0. The van der Waals surface area contributed by atoms with Crippen LogP contribution in [0.1, 0.15) is 44.5 Å². The van der Waals surface area contributed by atoms with Gasteiger partial charge < -0.3 is 10.1 Å². The lowest BCUT2D eigenvalue weighted by atomic mass is 9.84. The molecule has 33 heavy (non-hydrogen) atoms. The molecule has 2 bridgehead atoms. The number of para-hydroxylation sites is 1. The maximum absolute atomic E-state index is 14.0. The van der Waals surface area contributed by atoms with Crippen LogP contribution in [0.25, 0.3) is 0 Å². The van der Waals surface area contributed by atoms with Gasteiger partial charge >= 0.3 is 6.18 Å². The van der Waals surface area contributed by atoms with E-state index in [1.165, 1.54) is 31.4 Å². The zero-order valence-corrected chi connectivity index (χ0v) is 19.0. The zero-order chi connectivity index (χ0) is 23.6. The quantitative estimate of drug-likeness (QED) is 0.409. The second-order valence-electron chi connectivity index (χ2n) is 8.75. The van der Waals surface area contributed by atoms with Crippen LogP contribution in [0.5, 0.6) is 5.75 Å². The number of alkyl halides is 3. The third-order valence-corrected chi connectivity index (χ3v) is 7.51. The third kappa shape index (κ3) is 5.80. The molecule has 2 fully saturated rings. The molecule has 4 rings (SSSR count). The van der Waals surface area contributed by atoms with Gasteiger partial charge in [0, 0.05) is 6.04 Å². The number of halogens is 4. The average molecular weight is 487 g/mol. The van der Waals surface area contributed by atoms with Gasteiger partial charge in [-0.05, 0) is 56.1 Å². The van der Waals surface area contributed by atoms with Crippen LogP contribution in [0.15, 0.2) is 29.4 Å². The summed E-state index contributed by atoms with van der Waals surface area (Å²) in [6, 6.07) is 6.09. The minimum absolute atomic E-state index is 0.0140. The van der Waals surface area contributed by atoms with Crippen molar-refractivity contribution in [1.29, 1.82) is 0 Å². The van der Waals surface area contributed by atoms with E-state index in [0.29, 0.717) is 22.8 Å². The first-order chi connectivity index (χ1) is 15.7. The minimum Gasteiger partial charge on any atom is -0.483 e. The van der Waals surface area contributed by atoms with Gasteiger partial charge in [0.15, 0.2) is 22.5 Å². The minimum atomic E-state index is -4.46. The van der Waals surface area contributed by atoms with Crippen molar-refractivity contribution in [2.45, 2.75) is 56.6 Å². The molecule has 4 unspecified atom stereocenters. The van der Waals surface area contributed by atoms with Crippen LogP contribution in [-0.2, 0) is 11.4 Å². The number of benzene rings is 1. The highest BCUT2D eigenvalue weighted by Crippen LogP contribution is 2.52. The lowest BCUT2D eigenvalue weighted by molar-refractivity contribution is -0.136. The molecule has 0 radical (unpaired) electrons. The first-order valence-corrected chi connectivity index (χ1v) is 12.0. The highest BCUT2D eigenvalue weighted by molar-refractivity contribution is 7.99. The number of nitrogens with one attached hydrogen (secondary N) is 1. The smallest absolute Gasteiger partial charge is 0.405 e. The van der Waals surface area contributed by atoms with Gasteiger partial charge in [-0.3, -0.25) is 9.36 Å². The maximum atomic E-state index is 14.0. The number of carbonyl (C=O) groups is 1. The number of hydrogen-bond donors (Lipinski definition) is 1. The van der Waals surface area contributed by atoms with Crippen LogP contribution in [0.3, 0.4) is 0 Å². The number of carbonyl (C=O) groups excluding carboxylic acids is 1. The first kappa shape index (κ1) is 23.8. The van der Waals surface area contributed by atoms with Crippen LogP contribution >= 0.6 is 11.8 Å². The SMILES string of the molecule is CC(C1CC2CCC1C2)n1c(COc2ccccc2F)nnc1SCC(=O)NCC(F)(F)F. The van der Waals surface area contributed by atoms with E-state index >= 15 is 0 Å². The van der Waals surface area contributed by atoms with Crippen molar-refractivity contribution in [2.24, 2.45) is 17.8 Å². The van der Waals surface area contributed by atoms with E-state index in [9.17, 15) is 22.4 Å². The van der Waals surface area contributed by atoms with Crippen LogP contribution in [0.2, 0.25) is 0 Å². The van der Waals surface area contributed by atoms with Gasteiger partial charge in [0.1, 0.15) is 13.2 Å². The van der Waals surface area contributed by atoms with Gasteiger partial charge in [-0.1, -0.05) is 30.3 Å². The second-order valence-corrected chi connectivity index (χ2v) is 9.69. The van der Waals surface area contributed by atoms with E-state index in [-0.39, 0.29) is 24.2 Å². The molecule has 0 saturated heterocycles. The topological polar surface area (TPSA) is 69.0 Å². The number of nitrogens with zero attached hydrogens (tertiary/aromatic N) is 3. The van der Waals surface area contributed by atoms with E-state index < -0.39 is 24.4 Å². The zero-order valence-electron chi connectivity index (χ0n) is 18.1. The number of amides is 1. The van der Waals surface area contributed by atoms with Gasteiger partial charge in [0.2, 0.25) is 5.91 Å². The summed E-state index contributed by atoms with van der Waals surface area (Å²) in [4.78, 5) is 11.9. The van der Waals surface area contributed by atoms with Crippen LogP contribution in [0, 0.1) is 23.6 Å². The molecule has 2 saturated carbocycles. The third-order valence-electron chi connectivity index (χ3n) is 6.57. The van der Waals surface area contributed by atoms with Crippen molar-refractivity contribution in [3.8, 4) is 5.75 Å². The van der Waals surface area contributed by atoms with Crippen molar-refractivity contribution in [1.82, 2.24) is 20.1 Å². The lowest BCUT2D eigenvalue weighted by Crippen LogP contribution is -2.34. The van der Waals surface area contributed by atoms with E-state index in [1.807, 2.05) is 9.88 Å². The van der Waals surface area contributed by atoms with Crippen LogP contribution < -0.4 is 10.1 Å². The molecule has 1 aromatic carbocycles. The molecule has 180 valence electrons. The Hall–Kier alpha value is -2.30. The number of thioether (sulfide) groups is 1. The van der Waals surface area contributed by atoms with Gasteiger partial charge in [0.25, 0.3) is 0 Å². The Kier molecular flexibility index (Phi) is 7.16. The monoisotopic (exact) mass is 486 g/mol. The molecule has 1 heterocycles.